The fraction of sp³-hybridized carbons (Fsp3) is 0.400. The van der Waals surface area contributed by atoms with Gasteiger partial charge in [-0.25, -0.2) is 0 Å². The van der Waals surface area contributed by atoms with Crippen LogP contribution in [0.5, 0.6) is 0 Å². The maximum absolute atomic E-state index is 5.65. The highest BCUT2D eigenvalue weighted by atomic mass is 16.5. The van der Waals surface area contributed by atoms with E-state index in [-0.39, 0.29) is 6.04 Å². The van der Waals surface area contributed by atoms with Crippen molar-refractivity contribution in [1.82, 2.24) is 14.7 Å². The van der Waals surface area contributed by atoms with Gasteiger partial charge < -0.3 is 14.8 Å². The van der Waals surface area contributed by atoms with Crippen LogP contribution in [0, 0.1) is 0 Å². The Morgan fingerprint density at radius 2 is 2.40 bits per heavy atom. The van der Waals surface area contributed by atoms with Crippen molar-refractivity contribution in [1.29, 1.82) is 0 Å². The third kappa shape index (κ3) is 1.78. The molecule has 0 amide bonds. The number of nitrogens with zero attached hydrogens (tertiary/aromatic N) is 3. The van der Waals surface area contributed by atoms with Crippen LogP contribution in [0.2, 0.25) is 0 Å². The first-order chi connectivity index (χ1) is 7.22. The minimum absolute atomic E-state index is 0.226. The van der Waals surface area contributed by atoms with Gasteiger partial charge in [-0.15, -0.1) is 0 Å². The maximum Gasteiger partial charge on any atom is 0.243 e. The third-order valence-corrected chi connectivity index (χ3v) is 2.23. The normalized spacial score (nSPS) is 13.0. The van der Waals surface area contributed by atoms with E-state index >= 15 is 0 Å². The zero-order valence-corrected chi connectivity index (χ0v) is 8.84. The zero-order valence-electron chi connectivity index (χ0n) is 8.84. The van der Waals surface area contributed by atoms with Crippen molar-refractivity contribution in [3.05, 3.63) is 24.2 Å². The van der Waals surface area contributed by atoms with Crippen molar-refractivity contribution in [2.24, 2.45) is 5.73 Å². The van der Waals surface area contributed by atoms with Gasteiger partial charge in [-0.05, 0) is 26.0 Å². The lowest BCUT2D eigenvalue weighted by Gasteiger charge is -2.00. The molecule has 0 aliphatic carbocycles. The van der Waals surface area contributed by atoms with E-state index in [0.29, 0.717) is 11.7 Å². The molecule has 0 fully saturated rings. The molecule has 0 aromatic carbocycles. The SMILES string of the molecule is CCn1cccc1-c1noc(C(C)N)n1. The van der Waals surface area contributed by atoms with Gasteiger partial charge >= 0.3 is 0 Å². The molecule has 80 valence electrons. The first-order valence-corrected chi connectivity index (χ1v) is 4.97. The van der Waals surface area contributed by atoms with Crippen molar-refractivity contribution in [3.8, 4) is 11.5 Å². The summed E-state index contributed by atoms with van der Waals surface area (Å²) < 4.78 is 7.10. The summed E-state index contributed by atoms with van der Waals surface area (Å²) in [5.74, 6) is 1.06. The molecule has 0 radical (unpaired) electrons. The molecule has 5 heteroatoms. The van der Waals surface area contributed by atoms with E-state index in [2.05, 4.69) is 21.6 Å². The Bertz CT molecular complexity index is 444. The molecule has 1 unspecified atom stereocenters. The van der Waals surface area contributed by atoms with E-state index in [1.54, 1.807) is 0 Å². The molecule has 1 atom stereocenters. The summed E-state index contributed by atoms with van der Waals surface area (Å²) in [6.45, 7) is 4.76. The number of nitrogens with two attached hydrogens (primary N) is 1. The van der Waals surface area contributed by atoms with Crippen LogP contribution < -0.4 is 5.73 Å². The van der Waals surface area contributed by atoms with E-state index in [1.807, 2.05) is 25.3 Å². The molecule has 0 aliphatic rings. The van der Waals surface area contributed by atoms with Gasteiger partial charge in [0.1, 0.15) is 0 Å². The topological polar surface area (TPSA) is 69.9 Å². The predicted molar refractivity (Wildman–Crippen MR) is 56.0 cm³/mol. The summed E-state index contributed by atoms with van der Waals surface area (Å²) in [6, 6.07) is 3.69. The molecule has 2 aromatic rings. The standard InChI is InChI=1S/C10H14N4O/c1-3-14-6-4-5-8(14)9-12-10(7(2)11)15-13-9/h4-7H,3,11H2,1-2H3. The van der Waals surface area contributed by atoms with Gasteiger partial charge in [0, 0.05) is 12.7 Å². The van der Waals surface area contributed by atoms with Crippen LogP contribution in [-0.4, -0.2) is 14.7 Å². The molecular weight excluding hydrogens is 192 g/mol. The van der Waals surface area contributed by atoms with Crippen molar-refractivity contribution in [2.45, 2.75) is 26.4 Å². The van der Waals surface area contributed by atoms with Crippen LogP contribution in [0.25, 0.3) is 11.5 Å². The summed E-state index contributed by atoms with van der Waals surface area (Å²) >= 11 is 0. The Morgan fingerprint density at radius 1 is 1.60 bits per heavy atom. The number of hydrogen-bond donors (Lipinski definition) is 1. The monoisotopic (exact) mass is 206 g/mol. The lowest BCUT2D eigenvalue weighted by molar-refractivity contribution is 0.361. The highest BCUT2D eigenvalue weighted by Crippen LogP contribution is 2.18. The summed E-state index contributed by atoms with van der Waals surface area (Å²) in [4.78, 5) is 4.24. The second-order valence-corrected chi connectivity index (χ2v) is 3.42. The second-order valence-electron chi connectivity index (χ2n) is 3.42. The van der Waals surface area contributed by atoms with E-state index in [4.69, 9.17) is 10.3 Å². The second kappa shape index (κ2) is 3.86. The van der Waals surface area contributed by atoms with Crippen LogP contribution in [0.1, 0.15) is 25.8 Å². The van der Waals surface area contributed by atoms with Crippen LogP contribution in [-0.2, 0) is 6.54 Å². The van der Waals surface area contributed by atoms with Gasteiger partial charge in [0.05, 0.1) is 11.7 Å². The number of hydrogen-bond acceptors (Lipinski definition) is 4. The zero-order chi connectivity index (χ0) is 10.8. The molecule has 5 nitrogen and oxygen atoms in total. The Kier molecular flexibility index (Phi) is 2.55. The Labute approximate surface area is 87.9 Å². The Hall–Kier alpha value is -1.62. The van der Waals surface area contributed by atoms with Gasteiger partial charge in [0.2, 0.25) is 11.7 Å². The first kappa shape index (κ1) is 9.92. The van der Waals surface area contributed by atoms with Gasteiger partial charge in [-0.3, -0.25) is 0 Å². The molecule has 2 heterocycles. The van der Waals surface area contributed by atoms with E-state index in [9.17, 15) is 0 Å². The molecule has 0 saturated heterocycles. The highest BCUT2D eigenvalue weighted by molar-refractivity contribution is 5.49. The van der Waals surface area contributed by atoms with Gasteiger partial charge in [-0.2, -0.15) is 4.98 Å². The van der Waals surface area contributed by atoms with Crippen molar-refractivity contribution >= 4 is 0 Å². The Balaban J connectivity index is 2.37. The van der Waals surface area contributed by atoms with Crippen molar-refractivity contribution < 1.29 is 4.52 Å². The molecule has 2 rings (SSSR count). The minimum atomic E-state index is -0.226. The maximum atomic E-state index is 5.65. The smallest absolute Gasteiger partial charge is 0.243 e. The molecule has 0 spiro atoms. The van der Waals surface area contributed by atoms with E-state index in [1.165, 1.54) is 0 Å². The average Bonchev–Trinajstić information content (AvgIpc) is 2.85. The minimum Gasteiger partial charge on any atom is -0.345 e. The largest absolute Gasteiger partial charge is 0.345 e. The quantitative estimate of drug-likeness (QED) is 0.827. The van der Waals surface area contributed by atoms with Gasteiger partial charge in [0.15, 0.2) is 0 Å². The summed E-state index contributed by atoms with van der Waals surface area (Å²) in [5, 5.41) is 3.90. The third-order valence-electron chi connectivity index (χ3n) is 2.23. The van der Waals surface area contributed by atoms with Crippen LogP contribution in [0.15, 0.2) is 22.9 Å². The first-order valence-electron chi connectivity index (χ1n) is 4.97. The molecule has 0 aliphatic heterocycles. The lowest BCUT2D eigenvalue weighted by atomic mass is 10.3. The van der Waals surface area contributed by atoms with Crippen molar-refractivity contribution in [2.75, 3.05) is 0 Å². The van der Waals surface area contributed by atoms with Gasteiger partial charge in [-0.1, -0.05) is 5.16 Å². The molecule has 0 bridgehead atoms. The van der Waals surface area contributed by atoms with E-state index < -0.39 is 0 Å². The molecule has 2 N–H and O–H groups in total. The van der Waals surface area contributed by atoms with E-state index in [0.717, 1.165) is 12.2 Å². The highest BCUT2D eigenvalue weighted by Gasteiger charge is 2.13. The molecular formula is C10H14N4O. The number of aromatic nitrogens is 3. The van der Waals surface area contributed by atoms with Crippen LogP contribution in [0.4, 0.5) is 0 Å². The molecule has 15 heavy (non-hydrogen) atoms. The fourth-order valence-electron chi connectivity index (χ4n) is 1.42. The molecule has 0 saturated carbocycles. The fourth-order valence-corrected chi connectivity index (χ4v) is 1.42. The Morgan fingerprint density at radius 3 is 3.00 bits per heavy atom. The number of rotatable bonds is 3. The summed E-state index contributed by atoms with van der Waals surface area (Å²) in [5.41, 5.74) is 6.60. The van der Waals surface area contributed by atoms with Gasteiger partial charge in [0.25, 0.3) is 0 Å². The van der Waals surface area contributed by atoms with Crippen LogP contribution >= 0.6 is 0 Å². The lowest BCUT2D eigenvalue weighted by Crippen LogP contribution is -2.05. The van der Waals surface area contributed by atoms with Crippen LogP contribution in [0.3, 0.4) is 0 Å². The average molecular weight is 206 g/mol. The molecule has 2 aromatic heterocycles. The summed E-state index contributed by atoms with van der Waals surface area (Å²) in [7, 11) is 0. The predicted octanol–water partition coefficient (Wildman–Crippen LogP) is 1.58. The summed E-state index contributed by atoms with van der Waals surface area (Å²) in [6.07, 6.45) is 1.98. The van der Waals surface area contributed by atoms with Crippen molar-refractivity contribution in [3.63, 3.8) is 0 Å². The number of aryl methyl sites for hydroxylation is 1.